The Labute approximate surface area is 76.6 Å². The van der Waals surface area contributed by atoms with Gasteiger partial charge < -0.3 is 0 Å². The fourth-order valence-electron chi connectivity index (χ4n) is 1.04. The third kappa shape index (κ3) is 2.90. The van der Waals surface area contributed by atoms with E-state index >= 15 is 0 Å². The minimum absolute atomic E-state index is 0.622. The van der Waals surface area contributed by atoms with Crippen LogP contribution in [0.15, 0.2) is 0 Å². The Balaban J connectivity index is 3.82. The van der Waals surface area contributed by atoms with Gasteiger partial charge in [0.05, 0.1) is 0 Å². The summed E-state index contributed by atoms with van der Waals surface area (Å²) in [4.78, 5) is 0. The molecular weight excluding hydrogens is 281 g/mol. The summed E-state index contributed by atoms with van der Waals surface area (Å²) in [6.07, 6.45) is 0. The molecule has 0 nitrogen and oxygen atoms in total. The Kier molecular flexibility index (Phi) is 5.98. The van der Waals surface area contributed by atoms with Crippen LogP contribution in [0.2, 0.25) is 21.3 Å². The summed E-state index contributed by atoms with van der Waals surface area (Å²) in [6.45, 7) is 7.14. The molecule has 0 radical (unpaired) electrons. The second-order valence-corrected chi connectivity index (χ2v) is 15.1. The van der Waals surface area contributed by atoms with Crippen molar-refractivity contribution in [2.24, 2.45) is 0 Å². The van der Waals surface area contributed by atoms with Crippen molar-refractivity contribution in [3.05, 3.63) is 0 Å². The van der Waals surface area contributed by atoms with Gasteiger partial charge in [0.2, 0.25) is 0 Å². The van der Waals surface area contributed by atoms with Crippen molar-refractivity contribution in [2.75, 3.05) is 0 Å². The van der Waals surface area contributed by atoms with E-state index in [9.17, 15) is 0 Å². The zero-order valence-corrected chi connectivity index (χ0v) is 9.68. The molecule has 0 amide bonds. The number of rotatable bonds is 4. The normalized spacial score (nSPS) is 12.4. The molecule has 0 aromatic rings. The van der Waals surface area contributed by atoms with Crippen LogP contribution in [0.5, 0.6) is 0 Å². The topological polar surface area (TPSA) is 0 Å². The van der Waals surface area contributed by atoms with Gasteiger partial charge in [0.1, 0.15) is 0 Å². The van der Waals surface area contributed by atoms with Crippen LogP contribution in [0, 0.1) is 32.0 Å². The molecule has 9 heavy (non-hydrogen) atoms. The summed E-state index contributed by atoms with van der Waals surface area (Å²) in [6, 6.07) is 4.54. The van der Waals surface area contributed by atoms with Crippen LogP contribution < -0.4 is 0 Å². The van der Waals surface area contributed by atoms with Crippen molar-refractivity contribution in [3.63, 3.8) is 0 Å². The molecule has 63 valence electrons. The third-order valence-electron chi connectivity index (χ3n) is 2.09. The molecule has 0 saturated carbocycles. The van der Waals surface area contributed by atoms with E-state index in [0.29, 0.717) is 0 Å². The first-order valence-corrected chi connectivity index (χ1v) is 10.4. The molecule has 0 aromatic carbocycles. The van der Waals surface area contributed by atoms with E-state index in [-0.39, 0.29) is 0 Å². The molecule has 0 unspecified atom stereocenters. The minimum atomic E-state index is -0.622. The van der Waals surface area contributed by atoms with Crippen molar-refractivity contribution < 1.29 is 32.0 Å². The molecule has 0 atom stereocenters. The third-order valence-corrected chi connectivity index (χ3v) is 17.6. The molecule has 0 aromatic heterocycles. The summed E-state index contributed by atoms with van der Waals surface area (Å²) in [5.41, 5.74) is 0. The average Bonchev–Trinajstić information content (AvgIpc) is 1.95. The van der Waals surface area contributed by atoms with E-state index in [1.165, 1.54) is 18.1 Å². The van der Waals surface area contributed by atoms with Crippen molar-refractivity contribution >= 4 is 3.37 Å². The molecule has 0 aliphatic rings. The molecule has 0 rings (SSSR count). The van der Waals surface area contributed by atoms with Crippen molar-refractivity contribution in [1.82, 2.24) is 0 Å². The Morgan fingerprint density at radius 3 is 1.33 bits per heavy atom. The van der Waals surface area contributed by atoms with E-state index in [2.05, 4.69) is 23.9 Å². The van der Waals surface area contributed by atoms with Gasteiger partial charge in [-0.1, -0.05) is 0 Å². The molecule has 2 heteroatoms. The maximum absolute atomic E-state index is 2.43. The molecule has 0 aliphatic heterocycles. The first kappa shape index (κ1) is 10.5. The Morgan fingerprint density at radius 2 is 1.33 bits per heavy atom. The van der Waals surface area contributed by atoms with Gasteiger partial charge in [0.25, 0.3) is 0 Å². The summed E-state index contributed by atoms with van der Waals surface area (Å²) in [5, 5.41) is 0. The Hall–Kier alpha value is 1.45. The van der Waals surface area contributed by atoms with Gasteiger partial charge in [-0.2, -0.15) is 0 Å². The van der Waals surface area contributed by atoms with Crippen LogP contribution in [0.3, 0.4) is 0 Å². The van der Waals surface area contributed by atoms with Gasteiger partial charge in [-0.3, -0.25) is 0 Å². The molecule has 0 saturated heterocycles. The van der Waals surface area contributed by atoms with Crippen LogP contribution in [0.25, 0.3) is 0 Å². The summed E-state index contributed by atoms with van der Waals surface area (Å²) in [7, 11) is 0. The van der Waals surface area contributed by atoms with Gasteiger partial charge in [-0.15, -0.1) is 0 Å². The van der Waals surface area contributed by atoms with E-state index < -0.39 is 3.37 Å². The van der Waals surface area contributed by atoms with Gasteiger partial charge in [-0.05, 0) is 0 Å². The monoisotopic (exact) mass is 299 g/mol. The summed E-state index contributed by atoms with van der Waals surface area (Å²) in [5.74, 6) is 0. The van der Waals surface area contributed by atoms with E-state index in [0.717, 1.165) is 32.0 Å². The van der Waals surface area contributed by atoms with Crippen molar-refractivity contribution in [2.45, 2.75) is 42.0 Å². The van der Waals surface area contributed by atoms with Crippen LogP contribution in [0.1, 0.15) is 20.8 Å². The van der Waals surface area contributed by atoms with E-state index in [1.54, 1.807) is 0 Å². The van der Waals surface area contributed by atoms with Gasteiger partial charge in [-0.25, -0.2) is 0 Å². The van der Waals surface area contributed by atoms with E-state index in [1.807, 2.05) is 0 Å². The molecule has 0 fully saturated rings. The van der Waals surface area contributed by atoms with Crippen LogP contribution in [-0.4, -0.2) is 3.37 Å². The number of hydrogen-bond donors (Lipinski definition) is 0. The van der Waals surface area contributed by atoms with Crippen LogP contribution in [0.4, 0.5) is 0 Å². The predicted octanol–water partition coefficient (Wildman–Crippen LogP) is 3.12. The Morgan fingerprint density at radius 1 is 1.00 bits per heavy atom. The maximum atomic E-state index is 2.43. The molecule has 0 aliphatic carbocycles. The van der Waals surface area contributed by atoms with Crippen LogP contribution in [-0.2, 0) is 0 Å². The first-order chi connectivity index (χ1) is 4.24. The fourth-order valence-corrected chi connectivity index (χ4v) is 8.79. The first-order valence-electron chi connectivity index (χ1n) is 3.60. The Bertz CT molecular complexity index is 51.8. The van der Waals surface area contributed by atoms with Crippen LogP contribution >= 0.6 is 0 Å². The second-order valence-electron chi connectivity index (χ2n) is 2.24. The van der Waals surface area contributed by atoms with E-state index in [4.69, 9.17) is 0 Å². The predicted molar refractivity (Wildman–Crippen MR) is 43.1 cm³/mol. The SMILES string of the molecule is CC[Si](CC)(CC)[Tm][CH3]. The van der Waals surface area contributed by atoms with Gasteiger partial charge >= 0.3 is 77.4 Å². The van der Waals surface area contributed by atoms with Gasteiger partial charge in [0, 0.05) is 0 Å². The molecule has 0 bridgehead atoms. The standard InChI is InChI=1S/C6H15Si.CH3.Tm/c1-4-7(5-2)6-3;;/h4-6H2,1-3H3;1H3;. The second kappa shape index (κ2) is 5.15. The average molecular weight is 299 g/mol. The fraction of sp³-hybridized carbons (Fsp3) is 1.00. The molecule has 0 N–H and O–H groups in total. The quantitative estimate of drug-likeness (QED) is 0.700. The van der Waals surface area contributed by atoms with Crippen molar-refractivity contribution in [1.29, 1.82) is 0 Å². The number of hydrogen-bond acceptors (Lipinski definition) is 0. The summed E-state index contributed by atoms with van der Waals surface area (Å²) < 4.78 is 1.81. The summed E-state index contributed by atoms with van der Waals surface area (Å²) >= 11 is 0.921. The van der Waals surface area contributed by atoms with Crippen molar-refractivity contribution in [3.8, 4) is 0 Å². The molecule has 0 spiro atoms. The molecule has 0 heterocycles. The zero-order chi connectivity index (χ0) is 7.33. The van der Waals surface area contributed by atoms with Gasteiger partial charge in [0.15, 0.2) is 0 Å². The zero-order valence-electron chi connectivity index (χ0n) is 6.90. The molecular formula is C7H18SiTm.